The van der Waals surface area contributed by atoms with Gasteiger partial charge < -0.3 is 19.7 Å². The molecule has 0 aliphatic carbocycles. The molecule has 1 fully saturated rings. The second-order valence-corrected chi connectivity index (χ2v) is 7.28. The molecule has 2 aliphatic rings. The molecule has 2 N–H and O–H groups in total. The van der Waals surface area contributed by atoms with Crippen LogP contribution in [0.25, 0.3) is 0 Å². The molecule has 1 aromatic carbocycles. The quantitative estimate of drug-likeness (QED) is 0.788. The van der Waals surface area contributed by atoms with Crippen molar-refractivity contribution in [3.8, 4) is 11.5 Å². The number of nitrogens with zero attached hydrogens (tertiary/aromatic N) is 1. The number of ether oxygens (including phenoxy) is 2. The van der Waals surface area contributed by atoms with Gasteiger partial charge in [0.2, 0.25) is 0 Å². The summed E-state index contributed by atoms with van der Waals surface area (Å²) in [6.07, 6.45) is 4.64. The van der Waals surface area contributed by atoms with Crippen molar-refractivity contribution >= 4 is 23.2 Å². The summed E-state index contributed by atoms with van der Waals surface area (Å²) in [5.41, 5.74) is 1.74. The highest BCUT2D eigenvalue weighted by molar-refractivity contribution is 6.32. The molecule has 6 nitrogen and oxygen atoms in total. The third kappa shape index (κ3) is 4.17. The summed E-state index contributed by atoms with van der Waals surface area (Å²) < 4.78 is 11.5. The van der Waals surface area contributed by atoms with Crippen LogP contribution in [0.4, 0.5) is 5.69 Å². The van der Waals surface area contributed by atoms with E-state index in [1.807, 2.05) is 6.07 Å². The minimum absolute atomic E-state index is 0.0545. The lowest BCUT2D eigenvalue weighted by Crippen LogP contribution is -3.11. The Bertz CT molecular complexity index is 830. The highest BCUT2D eigenvalue weighted by Crippen LogP contribution is 2.33. The van der Waals surface area contributed by atoms with E-state index in [9.17, 15) is 4.79 Å². The minimum atomic E-state index is -0.0545. The van der Waals surface area contributed by atoms with Crippen LogP contribution in [0.15, 0.2) is 36.5 Å². The van der Waals surface area contributed by atoms with Gasteiger partial charge in [0.15, 0.2) is 23.2 Å². The first-order valence-corrected chi connectivity index (χ1v) is 9.73. The van der Waals surface area contributed by atoms with Gasteiger partial charge in [0.25, 0.3) is 5.91 Å². The number of nitrogens with one attached hydrogen (secondary N) is 2. The molecule has 3 heterocycles. The van der Waals surface area contributed by atoms with E-state index in [1.165, 1.54) is 10.5 Å². The van der Waals surface area contributed by atoms with Crippen LogP contribution in [0.5, 0.6) is 11.5 Å². The zero-order valence-corrected chi connectivity index (χ0v) is 15.8. The summed E-state index contributed by atoms with van der Waals surface area (Å²) in [7, 11) is 0. The van der Waals surface area contributed by atoms with Crippen LogP contribution in [0.2, 0.25) is 5.15 Å². The van der Waals surface area contributed by atoms with Gasteiger partial charge in [-0.15, -0.1) is 0 Å². The Kier molecular flexibility index (Phi) is 5.45. The van der Waals surface area contributed by atoms with E-state index < -0.39 is 0 Å². The summed E-state index contributed by atoms with van der Waals surface area (Å²) in [6, 6.07) is 9.95. The van der Waals surface area contributed by atoms with Gasteiger partial charge in [-0.25, -0.2) is 4.98 Å². The molecule has 0 spiro atoms. The number of likely N-dealkylation sites (tertiary alicyclic amines) is 1. The molecular formula is C20H23ClN3O3+. The molecule has 0 radical (unpaired) electrons. The van der Waals surface area contributed by atoms with E-state index in [1.54, 1.807) is 18.3 Å². The number of aromatic nitrogens is 1. The van der Waals surface area contributed by atoms with E-state index in [0.29, 0.717) is 30.6 Å². The van der Waals surface area contributed by atoms with Crippen LogP contribution >= 0.6 is 11.6 Å². The Morgan fingerprint density at radius 2 is 2.07 bits per heavy atom. The van der Waals surface area contributed by atoms with E-state index in [-0.39, 0.29) is 11.9 Å². The van der Waals surface area contributed by atoms with E-state index in [2.05, 4.69) is 22.4 Å². The zero-order valence-electron chi connectivity index (χ0n) is 15.0. The molecule has 27 heavy (non-hydrogen) atoms. The number of pyridine rings is 1. The molecular weight excluding hydrogens is 366 g/mol. The standard InChI is InChI=1S/C20H22ClN3O3/c21-20-15(4-1-8-22-20)23-19(25)13-24-9-2-5-16(24)14-6-7-17-18(12-14)27-11-3-10-26-17/h1,4,6-8,12,16H,2-3,5,9-11,13H2,(H,23,25)/p+1/t16-/m0/s1. The summed E-state index contributed by atoms with van der Waals surface area (Å²) in [6.45, 7) is 2.72. The van der Waals surface area contributed by atoms with Gasteiger partial charge in [-0.3, -0.25) is 4.79 Å². The molecule has 0 saturated carbocycles. The SMILES string of the molecule is O=C(C[NH+]1CCC[C@H]1c1ccc2c(c1)OCCCO2)Nc1cccnc1Cl. The minimum Gasteiger partial charge on any atom is -0.490 e. The molecule has 2 atom stereocenters. The second-order valence-electron chi connectivity index (χ2n) is 6.93. The number of hydrogen-bond acceptors (Lipinski definition) is 4. The smallest absolute Gasteiger partial charge is 0.279 e. The molecule has 2 aliphatic heterocycles. The summed E-state index contributed by atoms with van der Waals surface area (Å²) in [5.74, 6) is 1.56. The Hall–Kier alpha value is -2.31. The third-order valence-electron chi connectivity index (χ3n) is 5.08. The van der Waals surface area contributed by atoms with Crippen molar-refractivity contribution in [1.82, 2.24) is 4.98 Å². The average molecular weight is 389 g/mol. The van der Waals surface area contributed by atoms with E-state index in [0.717, 1.165) is 37.3 Å². The fourth-order valence-corrected chi connectivity index (χ4v) is 3.97. The molecule has 7 heteroatoms. The lowest BCUT2D eigenvalue weighted by molar-refractivity contribution is -0.910. The van der Waals surface area contributed by atoms with E-state index in [4.69, 9.17) is 21.1 Å². The fourth-order valence-electron chi connectivity index (χ4n) is 3.80. The third-order valence-corrected chi connectivity index (χ3v) is 5.38. The largest absolute Gasteiger partial charge is 0.490 e. The number of quaternary nitrogens is 1. The summed E-state index contributed by atoms with van der Waals surface area (Å²) in [5, 5.41) is 3.18. The van der Waals surface area contributed by atoms with Crippen molar-refractivity contribution in [2.75, 3.05) is 31.6 Å². The number of carbonyl (C=O) groups is 1. The summed E-state index contributed by atoms with van der Waals surface area (Å²) in [4.78, 5) is 17.8. The van der Waals surface area contributed by atoms with Crippen molar-refractivity contribution in [2.24, 2.45) is 0 Å². The first kappa shape index (κ1) is 18.1. The molecule has 142 valence electrons. The molecule has 0 bridgehead atoms. The maximum absolute atomic E-state index is 12.5. The lowest BCUT2D eigenvalue weighted by atomic mass is 10.0. The van der Waals surface area contributed by atoms with Crippen molar-refractivity contribution in [3.63, 3.8) is 0 Å². The Labute approximate surface area is 163 Å². The average Bonchev–Trinajstić information content (AvgIpc) is 2.99. The number of carbonyl (C=O) groups excluding carboxylic acids is 1. The lowest BCUT2D eigenvalue weighted by Gasteiger charge is -2.22. The van der Waals surface area contributed by atoms with Crippen LogP contribution in [-0.4, -0.2) is 37.2 Å². The number of amides is 1. The second kappa shape index (κ2) is 8.15. The van der Waals surface area contributed by atoms with Crippen molar-refractivity contribution in [3.05, 3.63) is 47.2 Å². The van der Waals surface area contributed by atoms with E-state index >= 15 is 0 Å². The number of anilines is 1. The number of benzene rings is 1. The Morgan fingerprint density at radius 3 is 2.93 bits per heavy atom. The van der Waals surface area contributed by atoms with Crippen LogP contribution in [-0.2, 0) is 4.79 Å². The molecule has 2 aromatic rings. The number of hydrogen-bond donors (Lipinski definition) is 2. The highest BCUT2D eigenvalue weighted by atomic mass is 35.5. The van der Waals surface area contributed by atoms with Gasteiger partial charge in [-0.1, -0.05) is 11.6 Å². The maximum Gasteiger partial charge on any atom is 0.279 e. The summed E-state index contributed by atoms with van der Waals surface area (Å²) >= 11 is 6.03. The molecule has 1 saturated heterocycles. The normalized spacial score (nSPS) is 21.5. The number of rotatable bonds is 4. The van der Waals surface area contributed by atoms with Crippen LogP contribution in [0, 0.1) is 0 Å². The number of fused-ring (bicyclic) bond motifs is 1. The predicted molar refractivity (Wildman–Crippen MR) is 103 cm³/mol. The molecule has 1 unspecified atom stereocenters. The highest BCUT2D eigenvalue weighted by Gasteiger charge is 2.32. The predicted octanol–water partition coefficient (Wildman–Crippen LogP) is 2.25. The van der Waals surface area contributed by atoms with Gasteiger partial charge in [-0.2, -0.15) is 0 Å². The molecule has 4 rings (SSSR count). The van der Waals surface area contributed by atoms with Crippen LogP contribution in [0.1, 0.15) is 30.9 Å². The monoisotopic (exact) mass is 388 g/mol. The van der Waals surface area contributed by atoms with Crippen LogP contribution in [0.3, 0.4) is 0 Å². The fraction of sp³-hybridized carbons (Fsp3) is 0.400. The first-order valence-electron chi connectivity index (χ1n) is 9.35. The van der Waals surface area contributed by atoms with Crippen LogP contribution < -0.4 is 19.7 Å². The number of halogens is 1. The zero-order chi connectivity index (χ0) is 18.6. The first-order chi connectivity index (χ1) is 13.2. The van der Waals surface area contributed by atoms with Gasteiger partial charge in [-0.05, 0) is 30.3 Å². The van der Waals surface area contributed by atoms with Gasteiger partial charge in [0.05, 0.1) is 25.4 Å². The van der Waals surface area contributed by atoms with Crippen molar-refractivity contribution in [1.29, 1.82) is 0 Å². The van der Waals surface area contributed by atoms with Gasteiger partial charge in [0.1, 0.15) is 6.04 Å². The van der Waals surface area contributed by atoms with Crippen molar-refractivity contribution in [2.45, 2.75) is 25.3 Å². The van der Waals surface area contributed by atoms with Gasteiger partial charge >= 0.3 is 0 Å². The Balaban J connectivity index is 1.45. The Morgan fingerprint density at radius 1 is 1.22 bits per heavy atom. The molecule has 1 aromatic heterocycles. The van der Waals surface area contributed by atoms with Crippen molar-refractivity contribution < 1.29 is 19.2 Å². The topological polar surface area (TPSA) is 64.9 Å². The molecule has 1 amide bonds. The van der Waals surface area contributed by atoms with Gasteiger partial charge in [0, 0.05) is 31.0 Å². The maximum atomic E-state index is 12.5.